The van der Waals surface area contributed by atoms with Crippen LogP contribution in [0.1, 0.15) is 29.0 Å². The van der Waals surface area contributed by atoms with Crippen molar-refractivity contribution in [1.29, 1.82) is 0 Å². The highest BCUT2D eigenvalue weighted by atomic mass is 79.9. The number of aromatic nitrogens is 2. The van der Waals surface area contributed by atoms with Gasteiger partial charge in [0.15, 0.2) is 0 Å². The number of carbonyl (C=O) groups excluding carboxylic acids is 1. The Morgan fingerprint density at radius 3 is 2.85 bits per heavy atom. The van der Waals surface area contributed by atoms with Crippen LogP contribution in [0.4, 0.5) is 0 Å². The van der Waals surface area contributed by atoms with Gasteiger partial charge in [0.05, 0.1) is 12.2 Å². The lowest BCUT2D eigenvalue weighted by molar-refractivity contribution is 0.0718. The molecule has 3 rings (SSSR count). The highest BCUT2D eigenvalue weighted by molar-refractivity contribution is 9.10. The quantitative estimate of drug-likeness (QED) is 0.862. The van der Waals surface area contributed by atoms with Gasteiger partial charge in [-0.2, -0.15) is 0 Å². The van der Waals surface area contributed by atoms with E-state index in [0.29, 0.717) is 18.3 Å². The van der Waals surface area contributed by atoms with Crippen molar-refractivity contribution < 1.29 is 4.79 Å². The molecule has 0 bridgehead atoms. The topological polar surface area (TPSA) is 38.1 Å². The van der Waals surface area contributed by atoms with Crippen LogP contribution in [0.2, 0.25) is 0 Å². The number of hydrogen-bond donors (Lipinski definition) is 0. The Hall–Kier alpha value is -1.62. The van der Waals surface area contributed by atoms with Gasteiger partial charge >= 0.3 is 0 Å². The van der Waals surface area contributed by atoms with Gasteiger partial charge in [0.25, 0.3) is 5.91 Å². The minimum atomic E-state index is 0.0753. The Kier molecular flexibility index (Phi) is 3.61. The van der Waals surface area contributed by atoms with Gasteiger partial charge in [-0.25, -0.2) is 0 Å². The van der Waals surface area contributed by atoms with Gasteiger partial charge in [-0.3, -0.25) is 9.78 Å². The fourth-order valence-electron chi connectivity index (χ4n) is 2.30. The van der Waals surface area contributed by atoms with E-state index >= 15 is 0 Å². The van der Waals surface area contributed by atoms with Crippen LogP contribution in [-0.4, -0.2) is 26.4 Å². The molecule has 2 aromatic rings. The highest BCUT2D eigenvalue weighted by Gasteiger charge is 2.34. The summed E-state index contributed by atoms with van der Waals surface area (Å²) in [5.74, 6) is 0.0753. The third-order valence-electron chi connectivity index (χ3n) is 3.50. The molecule has 1 amide bonds. The van der Waals surface area contributed by atoms with Gasteiger partial charge in [-0.05, 0) is 47.0 Å². The smallest absolute Gasteiger partial charge is 0.271 e. The lowest BCUT2D eigenvalue weighted by atomic mass is 10.3. The van der Waals surface area contributed by atoms with E-state index < -0.39 is 0 Å². The van der Waals surface area contributed by atoms with Crippen molar-refractivity contribution in [2.24, 2.45) is 7.05 Å². The van der Waals surface area contributed by atoms with E-state index in [1.165, 1.54) is 0 Å². The minimum Gasteiger partial charge on any atom is -0.345 e. The van der Waals surface area contributed by atoms with Crippen molar-refractivity contribution >= 4 is 21.8 Å². The van der Waals surface area contributed by atoms with E-state index in [1.807, 2.05) is 47.0 Å². The summed E-state index contributed by atoms with van der Waals surface area (Å²) >= 11 is 3.42. The molecule has 1 fully saturated rings. The van der Waals surface area contributed by atoms with Crippen molar-refractivity contribution in [2.75, 3.05) is 0 Å². The molecule has 2 aromatic heterocycles. The molecule has 104 valence electrons. The number of pyridine rings is 1. The molecule has 0 spiro atoms. The molecule has 1 saturated carbocycles. The predicted octanol–water partition coefficient (Wildman–Crippen LogP) is 2.99. The summed E-state index contributed by atoms with van der Waals surface area (Å²) in [5.41, 5.74) is 1.64. The number of halogens is 1. The van der Waals surface area contributed by atoms with Gasteiger partial charge in [0.1, 0.15) is 5.69 Å². The monoisotopic (exact) mass is 333 g/mol. The summed E-state index contributed by atoms with van der Waals surface area (Å²) in [6.07, 6.45) is 5.84. The highest BCUT2D eigenvalue weighted by Crippen LogP contribution is 2.30. The number of hydrogen-bond acceptors (Lipinski definition) is 2. The summed E-state index contributed by atoms with van der Waals surface area (Å²) in [6.45, 7) is 0.577. The molecule has 2 heterocycles. The van der Waals surface area contributed by atoms with Crippen LogP contribution in [0.5, 0.6) is 0 Å². The number of amides is 1. The molecule has 1 aliphatic carbocycles. The average Bonchev–Trinajstić information content (AvgIpc) is 3.22. The SMILES string of the molecule is Cn1cc(Br)cc1C(=O)N(Cc1ccccn1)C1CC1. The number of carbonyl (C=O) groups is 1. The summed E-state index contributed by atoms with van der Waals surface area (Å²) in [5, 5.41) is 0. The lowest BCUT2D eigenvalue weighted by Crippen LogP contribution is -2.34. The second-order valence-electron chi connectivity index (χ2n) is 5.14. The van der Waals surface area contributed by atoms with E-state index in [9.17, 15) is 4.79 Å². The first kappa shape index (κ1) is 13.4. The molecule has 0 aromatic carbocycles. The fourth-order valence-corrected chi connectivity index (χ4v) is 2.83. The summed E-state index contributed by atoms with van der Waals surface area (Å²) in [7, 11) is 1.89. The Balaban J connectivity index is 1.84. The van der Waals surface area contributed by atoms with Crippen LogP contribution in [0.3, 0.4) is 0 Å². The van der Waals surface area contributed by atoms with E-state index in [1.54, 1.807) is 6.20 Å². The summed E-state index contributed by atoms with van der Waals surface area (Å²) < 4.78 is 2.79. The van der Waals surface area contributed by atoms with E-state index in [4.69, 9.17) is 0 Å². The van der Waals surface area contributed by atoms with Crippen molar-refractivity contribution in [3.8, 4) is 0 Å². The Morgan fingerprint density at radius 2 is 2.30 bits per heavy atom. The lowest BCUT2D eigenvalue weighted by Gasteiger charge is -2.22. The number of nitrogens with zero attached hydrogens (tertiary/aromatic N) is 3. The maximum atomic E-state index is 12.7. The van der Waals surface area contributed by atoms with Crippen LogP contribution in [0.15, 0.2) is 41.1 Å². The molecule has 4 nitrogen and oxygen atoms in total. The maximum absolute atomic E-state index is 12.7. The molecular weight excluding hydrogens is 318 g/mol. The minimum absolute atomic E-state index is 0.0753. The van der Waals surface area contributed by atoms with Crippen LogP contribution < -0.4 is 0 Å². The normalized spacial score (nSPS) is 14.3. The van der Waals surface area contributed by atoms with Crippen molar-refractivity contribution in [1.82, 2.24) is 14.5 Å². The third-order valence-corrected chi connectivity index (χ3v) is 3.93. The maximum Gasteiger partial charge on any atom is 0.271 e. The van der Waals surface area contributed by atoms with E-state index in [2.05, 4.69) is 20.9 Å². The van der Waals surface area contributed by atoms with Crippen LogP contribution in [-0.2, 0) is 13.6 Å². The zero-order valence-electron chi connectivity index (χ0n) is 11.3. The first-order valence-corrected chi connectivity index (χ1v) is 7.47. The van der Waals surface area contributed by atoms with Crippen LogP contribution in [0.25, 0.3) is 0 Å². The van der Waals surface area contributed by atoms with Crippen molar-refractivity contribution in [3.63, 3.8) is 0 Å². The Labute approximate surface area is 126 Å². The molecule has 0 radical (unpaired) electrons. The molecule has 20 heavy (non-hydrogen) atoms. The predicted molar refractivity (Wildman–Crippen MR) is 80.2 cm³/mol. The van der Waals surface area contributed by atoms with Gasteiger partial charge in [0, 0.05) is 30.0 Å². The number of aryl methyl sites for hydroxylation is 1. The second kappa shape index (κ2) is 5.40. The van der Waals surface area contributed by atoms with Crippen LogP contribution in [0, 0.1) is 0 Å². The summed E-state index contributed by atoms with van der Waals surface area (Å²) in [4.78, 5) is 19.0. The first-order chi connectivity index (χ1) is 9.65. The molecule has 0 aliphatic heterocycles. The zero-order valence-corrected chi connectivity index (χ0v) is 12.9. The zero-order chi connectivity index (χ0) is 14.1. The number of rotatable bonds is 4. The fraction of sp³-hybridized carbons (Fsp3) is 0.333. The average molecular weight is 334 g/mol. The molecule has 5 heteroatoms. The largest absolute Gasteiger partial charge is 0.345 e. The Morgan fingerprint density at radius 1 is 1.50 bits per heavy atom. The molecule has 0 unspecified atom stereocenters. The molecule has 0 N–H and O–H groups in total. The van der Waals surface area contributed by atoms with Gasteiger partial charge in [-0.15, -0.1) is 0 Å². The molecule has 1 aliphatic rings. The van der Waals surface area contributed by atoms with Gasteiger partial charge < -0.3 is 9.47 Å². The Bertz CT molecular complexity index is 619. The van der Waals surface area contributed by atoms with Gasteiger partial charge in [-0.1, -0.05) is 6.07 Å². The molecular formula is C15H16BrN3O. The summed E-state index contributed by atoms with van der Waals surface area (Å²) in [6, 6.07) is 8.04. The standard InChI is InChI=1S/C15H16BrN3O/c1-18-9-11(16)8-14(18)15(20)19(13-5-6-13)10-12-4-2-3-7-17-12/h2-4,7-9,13H,5-6,10H2,1H3. The molecule has 0 saturated heterocycles. The van der Waals surface area contributed by atoms with E-state index in [0.717, 1.165) is 23.0 Å². The van der Waals surface area contributed by atoms with Crippen LogP contribution >= 0.6 is 15.9 Å². The van der Waals surface area contributed by atoms with E-state index in [-0.39, 0.29) is 5.91 Å². The van der Waals surface area contributed by atoms with Gasteiger partial charge in [0.2, 0.25) is 0 Å². The first-order valence-electron chi connectivity index (χ1n) is 6.68. The van der Waals surface area contributed by atoms with Crippen molar-refractivity contribution in [3.05, 3.63) is 52.5 Å². The third kappa shape index (κ3) is 2.77. The molecule has 0 atom stereocenters. The second-order valence-corrected chi connectivity index (χ2v) is 6.06. The van der Waals surface area contributed by atoms with Crippen molar-refractivity contribution in [2.45, 2.75) is 25.4 Å².